The van der Waals surface area contributed by atoms with Crippen LogP contribution in [0.2, 0.25) is 0 Å². The predicted octanol–water partition coefficient (Wildman–Crippen LogP) is 1.78. The zero-order valence-corrected chi connectivity index (χ0v) is 12.8. The molecular formula is C13H22N2O3S. The first kappa shape index (κ1) is 14.6. The van der Waals surface area contributed by atoms with Gasteiger partial charge < -0.3 is 10.2 Å². The number of aryl methyl sites for hydroxylation is 2. The molecule has 0 spiro atoms. The molecule has 1 aromatic heterocycles. The van der Waals surface area contributed by atoms with E-state index in [0.717, 1.165) is 6.42 Å². The number of nitrogens with zero attached hydrogens (tertiary/aromatic N) is 1. The zero-order valence-electron chi connectivity index (χ0n) is 12.0. The van der Waals surface area contributed by atoms with Crippen molar-refractivity contribution in [3.8, 4) is 0 Å². The molecule has 0 bridgehead atoms. The number of nitrogens with two attached hydrogens (primary N) is 1. The summed E-state index contributed by atoms with van der Waals surface area (Å²) in [6, 6.07) is 0. The van der Waals surface area contributed by atoms with Crippen LogP contribution in [0.25, 0.3) is 0 Å². The van der Waals surface area contributed by atoms with Crippen LogP contribution in [0.4, 0.5) is 0 Å². The maximum absolute atomic E-state index is 12.7. The summed E-state index contributed by atoms with van der Waals surface area (Å²) in [5.74, 6) is 1.03. The van der Waals surface area contributed by atoms with Crippen molar-refractivity contribution in [2.24, 2.45) is 11.1 Å². The number of furan rings is 1. The molecule has 1 aromatic rings. The quantitative estimate of drug-likeness (QED) is 0.918. The molecule has 2 N–H and O–H groups in total. The van der Waals surface area contributed by atoms with Crippen LogP contribution in [0.1, 0.15) is 37.4 Å². The van der Waals surface area contributed by atoms with Crippen LogP contribution in [-0.2, 0) is 16.6 Å². The molecule has 2 rings (SSSR count). The minimum absolute atomic E-state index is 0.0304. The van der Waals surface area contributed by atoms with Crippen molar-refractivity contribution in [1.82, 2.24) is 4.31 Å². The van der Waals surface area contributed by atoms with E-state index in [2.05, 4.69) is 13.8 Å². The van der Waals surface area contributed by atoms with Gasteiger partial charge in [0.15, 0.2) is 0 Å². The molecule has 108 valence electrons. The third kappa shape index (κ3) is 2.44. The lowest BCUT2D eigenvalue weighted by Gasteiger charge is -2.20. The van der Waals surface area contributed by atoms with Crippen LogP contribution in [0, 0.1) is 19.3 Å². The molecule has 1 aliphatic heterocycles. The highest BCUT2D eigenvalue weighted by Gasteiger charge is 2.39. The van der Waals surface area contributed by atoms with Crippen LogP contribution in [0.3, 0.4) is 0 Å². The van der Waals surface area contributed by atoms with Crippen LogP contribution in [-0.4, -0.2) is 25.8 Å². The van der Waals surface area contributed by atoms with E-state index in [9.17, 15) is 8.42 Å². The number of sulfonamides is 1. The Morgan fingerprint density at radius 2 is 1.95 bits per heavy atom. The fourth-order valence-electron chi connectivity index (χ4n) is 2.68. The Kier molecular flexibility index (Phi) is 3.53. The zero-order chi connectivity index (χ0) is 14.4. The molecule has 5 nitrogen and oxygen atoms in total. The predicted molar refractivity (Wildman–Crippen MR) is 73.2 cm³/mol. The fourth-order valence-corrected chi connectivity index (χ4v) is 4.73. The normalized spacial score (nSPS) is 20.1. The van der Waals surface area contributed by atoms with Gasteiger partial charge in [-0.1, -0.05) is 13.8 Å². The Balaban J connectivity index is 2.47. The molecule has 6 heteroatoms. The van der Waals surface area contributed by atoms with E-state index >= 15 is 0 Å². The fraction of sp³-hybridized carbons (Fsp3) is 0.692. The van der Waals surface area contributed by atoms with Gasteiger partial charge in [-0.2, -0.15) is 4.31 Å². The first-order chi connectivity index (χ1) is 8.69. The Bertz CT molecular complexity index is 587. The monoisotopic (exact) mass is 286 g/mol. The van der Waals surface area contributed by atoms with Gasteiger partial charge >= 0.3 is 0 Å². The summed E-state index contributed by atoms with van der Waals surface area (Å²) >= 11 is 0. The average Bonchev–Trinajstić information content (AvgIpc) is 2.78. The van der Waals surface area contributed by atoms with Crippen molar-refractivity contribution in [3.05, 3.63) is 17.1 Å². The van der Waals surface area contributed by atoms with Gasteiger partial charge in [0.2, 0.25) is 10.0 Å². The van der Waals surface area contributed by atoms with Crippen LogP contribution in [0.5, 0.6) is 0 Å². The number of rotatable bonds is 3. The molecule has 0 amide bonds. The molecule has 0 saturated carbocycles. The van der Waals surface area contributed by atoms with E-state index in [1.165, 1.54) is 0 Å². The molecule has 0 aliphatic carbocycles. The lowest BCUT2D eigenvalue weighted by molar-refractivity contribution is 0.375. The summed E-state index contributed by atoms with van der Waals surface area (Å²) in [4.78, 5) is 0.269. The van der Waals surface area contributed by atoms with Crippen LogP contribution in [0.15, 0.2) is 9.31 Å². The molecule has 0 unspecified atom stereocenters. The van der Waals surface area contributed by atoms with Crippen molar-refractivity contribution in [2.75, 3.05) is 13.1 Å². The Morgan fingerprint density at radius 3 is 2.42 bits per heavy atom. The first-order valence-corrected chi connectivity index (χ1v) is 7.92. The highest BCUT2D eigenvalue weighted by atomic mass is 32.2. The molecule has 0 aromatic carbocycles. The second-order valence-electron chi connectivity index (χ2n) is 5.98. The SMILES string of the molecule is Cc1oc(C)c(S(=O)(=O)N2CCC(C)(C)C2)c1CN. The molecule has 0 radical (unpaired) electrons. The van der Waals surface area contributed by atoms with Gasteiger partial charge in [0.05, 0.1) is 0 Å². The van der Waals surface area contributed by atoms with Crippen molar-refractivity contribution >= 4 is 10.0 Å². The highest BCUT2D eigenvalue weighted by Crippen LogP contribution is 2.35. The van der Waals surface area contributed by atoms with E-state index in [1.807, 2.05) is 0 Å². The topological polar surface area (TPSA) is 76.5 Å². The smallest absolute Gasteiger partial charge is 0.246 e. The van der Waals surface area contributed by atoms with Crippen molar-refractivity contribution < 1.29 is 12.8 Å². The minimum atomic E-state index is -3.50. The van der Waals surface area contributed by atoms with E-state index in [-0.39, 0.29) is 16.9 Å². The molecule has 19 heavy (non-hydrogen) atoms. The van der Waals surface area contributed by atoms with Gasteiger partial charge in [0, 0.05) is 25.2 Å². The van der Waals surface area contributed by atoms with Gasteiger partial charge in [-0.05, 0) is 25.7 Å². The van der Waals surface area contributed by atoms with Crippen molar-refractivity contribution in [3.63, 3.8) is 0 Å². The summed E-state index contributed by atoms with van der Waals surface area (Å²) in [5, 5.41) is 0. The maximum Gasteiger partial charge on any atom is 0.246 e. The second-order valence-corrected chi connectivity index (χ2v) is 7.85. The number of hydrogen-bond acceptors (Lipinski definition) is 4. The van der Waals surface area contributed by atoms with Gasteiger partial charge in [-0.3, -0.25) is 0 Å². The lowest BCUT2D eigenvalue weighted by atomic mass is 9.93. The molecule has 1 saturated heterocycles. The van der Waals surface area contributed by atoms with E-state index in [1.54, 1.807) is 18.2 Å². The Morgan fingerprint density at radius 1 is 1.32 bits per heavy atom. The van der Waals surface area contributed by atoms with E-state index < -0.39 is 10.0 Å². The van der Waals surface area contributed by atoms with Crippen LogP contribution < -0.4 is 5.73 Å². The third-order valence-corrected chi connectivity index (χ3v) is 5.81. The number of hydrogen-bond donors (Lipinski definition) is 1. The Hall–Kier alpha value is -0.850. The largest absolute Gasteiger partial charge is 0.465 e. The summed E-state index contributed by atoms with van der Waals surface area (Å²) in [5.41, 5.74) is 6.30. The molecule has 0 atom stereocenters. The summed E-state index contributed by atoms with van der Waals surface area (Å²) in [6.45, 7) is 8.88. The first-order valence-electron chi connectivity index (χ1n) is 6.48. The average molecular weight is 286 g/mol. The van der Waals surface area contributed by atoms with Gasteiger partial charge in [-0.25, -0.2) is 8.42 Å². The molecular weight excluding hydrogens is 264 g/mol. The molecule has 1 fully saturated rings. The highest BCUT2D eigenvalue weighted by molar-refractivity contribution is 7.89. The maximum atomic E-state index is 12.7. The van der Waals surface area contributed by atoms with Crippen molar-refractivity contribution in [1.29, 1.82) is 0 Å². The Labute approximate surface area is 114 Å². The van der Waals surface area contributed by atoms with E-state index in [0.29, 0.717) is 30.2 Å². The molecule has 1 aliphatic rings. The molecule has 2 heterocycles. The minimum Gasteiger partial charge on any atom is -0.465 e. The van der Waals surface area contributed by atoms with Crippen LogP contribution >= 0.6 is 0 Å². The van der Waals surface area contributed by atoms with Gasteiger partial charge in [0.1, 0.15) is 16.4 Å². The van der Waals surface area contributed by atoms with E-state index in [4.69, 9.17) is 10.2 Å². The van der Waals surface area contributed by atoms with Crippen molar-refractivity contribution in [2.45, 2.75) is 45.6 Å². The van der Waals surface area contributed by atoms with Gasteiger partial charge in [0.25, 0.3) is 0 Å². The van der Waals surface area contributed by atoms with Gasteiger partial charge in [-0.15, -0.1) is 0 Å². The third-order valence-electron chi connectivity index (χ3n) is 3.77. The standard InChI is InChI=1S/C13H22N2O3S/c1-9-11(7-14)12(10(2)18-9)19(16,17)15-6-5-13(3,4)8-15/h5-8,14H2,1-4H3. The second kappa shape index (κ2) is 4.61. The summed E-state index contributed by atoms with van der Waals surface area (Å²) in [6.07, 6.45) is 0.875. The summed E-state index contributed by atoms with van der Waals surface area (Å²) < 4.78 is 32.5. The lowest BCUT2D eigenvalue weighted by Crippen LogP contribution is -2.31. The summed E-state index contributed by atoms with van der Waals surface area (Å²) in [7, 11) is -3.50.